The molecular formula is C21H23N3O3S. The lowest BCUT2D eigenvalue weighted by atomic mass is 10.1. The second-order valence-electron chi connectivity index (χ2n) is 6.45. The zero-order chi connectivity index (χ0) is 20.1. The maximum absolute atomic E-state index is 12.6. The summed E-state index contributed by atoms with van der Waals surface area (Å²) < 4.78 is 32.9. The molecule has 0 radical (unpaired) electrons. The molecule has 0 aliphatic rings. The number of aryl methyl sites for hydroxylation is 2. The van der Waals surface area contributed by atoms with E-state index in [1.807, 2.05) is 38.1 Å². The maximum atomic E-state index is 12.6. The Hall–Kier alpha value is -3.06. The number of para-hydroxylation sites is 1. The zero-order valence-electron chi connectivity index (χ0n) is 16.1. The Morgan fingerprint density at radius 1 is 1.00 bits per heavy atom. The summed E-state index contributed by atoms with van der Waals surface area (Å²) in [6.45, 7) is 4.39. The van der Waals surface area contributed by atoms with Crippen LogP contribution in [0, 0.1) is 13.8 Å². The van der Waals surface area contributed by atoms with Crippen LogP contribution in [0.1, 0.15) is 16.7 Å². The molecule has 2 N–H and O–H groups in total. The van der Waals surface area contributed by atoms with Gasteiger partial charge in [0, 0.05) is 12.1 Å². The monoisotopic (exact) mass is 397 g/mol. The van der Waals surface area contributed by atoms with E-state index in [-0.39, 0.29) is 10.7 Å². The van der Waals surface area contributed by atoms with Crippen LogP contribution in [0.25, 0.3) is 0 Å². The van der Waals surface area contributed by atoms with Gasteiger partial charge in [-0.2, -0.15) is 0 Å². The standard InChI is InChI=1S/C21H23N3O3S/c1-15-8-10-19(12-16(15)2)28(25,26)24-21-11-9-18(14-23-21)22-13-17-6-4-5-7-20(17)27-3/h4-12,14,22H,13H2,1-3H3,(H,23,24). The summed E-state index contributed by atoms with van der Waals surface area (Å²) in [6, 6.07) is 16.2. The lowest BCUT2D eigenvalue weighted by molar-refractivity contribution is 0.410. The summed E-state index contributed by atoms with van der Waals surface area (Å²) in [4.78, 5) is 4.42. The average Bonchev–Trinajstić information content (AvgIpc) is 2.69. The number of pyridine rings is 1. The third-order valence-electron chi connectivity index (χ3n) is 4.47. The van der Waals surface area contributed by atoms with Gasteiger partial charge in [-0.1, -0.05) is 24.3 Å². The van der Waals surface area contributed by atoms with Crippen molar-refractivity contribution in [2.24, 2.45) is 0 Å². The molecule has 0 fully saturated rings. The summed E-state index contributed by atoms with van der Waals surface area (Å²) in [5, 5.41) is 3.25. The molecule has 7 heteroatoms. The first-order valence-corrected chi connectivity index (χ1v) is 10.3. The molecule has 1 aromatic heterocycles. The number of hydrogen-bond donors (Lipinski definition) is 2. The molecular weight excluding hydrogens is 374 g/mol. The van der Waals surface area contributed by atoms with Gasteiger partial charge in [-0.3, -0.25) is 4.72 Å². The molecule has 0 saturated heterocycles. The summed E-state index contributed by atoms with van der Waals surface area (Å²) in [6.07, 6.45) is 1.59. The molecule has 0 saturated carbocycles. The van der Waals surface area contributed by atoms with Gasteiger partial charge in [0.25, 0.3) is 10.0 Å². The van der Waals surface area contributed by atoms with E-state index in [1.165, 1.54) is 0 Å². The Morgan fingerprint density at radius 2 is 1.79 bits per heavy atom. The van der Waals surface area contributed by atoms with Crippen molar-refractivity contribution in [2.75, 3.05) is 17.1 Å². The number of anilines is 2. The van der Waals surface area contributed by atoms with Gasteiger partial charge in [-0.05, 0) is 55.3 Å². The van der Waals surface area contributed by atoms with Crippen LogP contribution in [0.15, 0.2) is 65.7 Å². The van der Waals surface area contributed by atoms with E-state index < -0.39 is 10.0 Å². The summed E-state index contributed by atoms with van der Waals surface area (Å²) in [7, 11) is -2.04. The Morgan fingerprint density at radius 3 is 2.46 bits per heavy atom. The first-order valence-electron chi connectivity index (χ1n) is 8.81. The number of sulfonamides is 1. The van der Waals surface area contributed by atoms with E-state index in [0.29, 0.717) is 6.54 Å². The van der Waals surface area contributed by atoms with Crippen molar-refractivity contribution in [2.45, 2.75) is 25.3 Å². The van der Waals surface area contributed by atoms with Gasteiger partial charge in [0.1, 0.15) is 11.6 Å². The molecule has 0 aliphatic heterocycles. The number of ether oxygens (including phenoxy) is 1. The van der Waals surface area contributed by atoms with E-state index in [1.54, 1.807) is 43.6 Å². The third kappa shape index (κ3) is 4.61. The molecule has 3 aromatic rings. The Bertz CT molecular complexity index is 1060. The predicted octanol–water partition coefficient (Wildman–Crippen LogP) is 4.12. The SMILES string of the molecule is COc1ccccc1CNc1ccc(NS(=O)(=O)c2ccc(C)c(C)c2)nc1. The molecule has 1 heterocycles. The van der Waals surface area contributed by atoms with Crippen LogP contribution in [0.3, 0.4) is 0 Å². The summed E-state index contributed by atoms with van der Waals surface area (Å²) >= 11 is 0. The quantitative estimate of drug-likeness (QED) is 0.627. The van der Waals surface area contributed by atoms with E-state index >= 15 is 0 Å². The fourth-order valence-corrected chi connectivity index (χ4v) is 3.78. The van der Waals surface area contributed by atoms with Crippen LogP contribution in [-0.4, -0.2) is 20.5 Å². The highest BCUT2D eigenvalue weighted by Crippen LogP contribution is 2.21. The van der Waals surface area contributed by atoms with Gasteiger partial charge in [-0.15, -0.1) is 0 Å². The Kier molecular flexibility index (Phi) is 5.84. The number of nitrogens with zero attached hydrogens (tertiary/aromatic N) is 1. The molecule has 3 rings (SSSR count). The normalized spacial score (nSPS) is 11.1. The molecule has 0 spiro atoms. The maximum Gasteiger partial charge on any atom is 0.263 e. The first-order chi connectivity index (χ1) is 13.4. The highest BCUT2D eigenvalue weighted by atomic mass is 32.2. The molecule has 0 bridgehead atoms. The van der Waals surface area contributed by atoms with E-state index in [4.69, 9.17) is 4.74 Å². The summed E-state index contributed by atoms with van der Waals surface area (Å²) in [5.74, 6) is 1.07. The van der Waals surface area contributed by atoms with Crippen LogP contribution >= 0.6 is 0 Å². The first kappa shape index (κ1) is 19.7. The molecule has 0 atom stereocenters. The lowest BCUT2D eigenvalue weighted by Gasteiger charge is -2.12. The smallest absolute Gasteiger partial charge is 0.263 e. The number of hydrogen-bond acceptors (Lipinski definition) is 5. The zero-order valence-corrected chi connectivity index (χ0v) is 16.9. The van der Waals surface area contributed by atoms with Crippen molar-refractivity contribution in [3.63, 3.8) is 0 Å². The average molecular weight is 398 g/mol. The van der Waals surface area contributed by atoms with E-state index in [9.17, 15) is 8.42 Å². The van der Waals surface area contributed by atoms with Crippen LogP contribution < -0.4 is 14.8 Å². The van der Waals surface area contributed by atoms with Gasteiger partial charge >= 0.3 is 0 Å². The fraction of sp³-hybridized carbons (Fsp3) is 0.190. The number of benzene rings is 2. The van der Waals surface area contributed by atoms with E-state index in [0.717, 1.165) is 28.1 Å². The number of rotatable bonds is 7. The van der Waals surface area contributed by atoms with Crippen LogP contribution in [0.2, 0.25) is 0 Å². The van der Waals surface area contributed by atoms with Crippen molar-refractivity contribution in [3.8, 4) is 5.75 Å². The fourth-order valence-electron chi connectivity index (χ4n) is 2.68. The van der Waals surface area contributed by atoms with Gasteiger partial charge in [0.15, 0.2) is 0 Å². The number of methoxy groups -OCH3 is 1. The van der Waals surface area contributed by atoms with Crippen molar-refractivity contribution >= 4 is 21.5 Å². The van der Waals surface area contributed by atoms with Gasteiger partial charge in [0.05, 0.1) is 23.9 Å². The highest BCUT2D eigenvalue weighted by Gasteiger charge is 2.15. The lowest BCUT2D eigenvalue weighted by Crippen LogP contribution is -2.14. The van der Waals surface area contributed by atoms with E-state index in [2.05, 4.69) is 15.0 Å². The summed E-state index contributed by atoms with van der Waals surface area (Å²) in [5.41, 5.74) is 3.76. The minimum Gasteiger partial charge on any atom is -0.496 e. The molecule has 28 heavy (non-hydrogen) atoms. The van der Waals surface area contributed by atoms with Crippen LogP contribution in [0.4, 0.5) is 11.5 Å². The molecule has 0 unspecified atom stereocenters. The van der Waals surface area contributed by atoms with Crippen molar-refractivity contribution in [3.05, 3.63) is 77.5 Å². The second kappa shape index (κ2) is 8.31. The topological polar surface area (TPSA) is 80.3 Å². The molecule has 0 amide bonds. The highest BCUT2D eigenvalue weighted by molar-refractivity contribution is 7.92. The van der Waals surface area contributed by atoms with Crippen LogP contribution in [0.5, 0.6) is 5.75 Å². The van der Waals surface area contributed by atoms with Gasteiger partial charge in [-0.25, -0.2) is 13.4 Å². The van der Waals surface area contributed by atoms with Crippen molar-refractivity contribution in [1.29, 1.82) is 0 Å². The Labute approximate surface area is 165 Å². The van der Waals surface area contributed by atoms with Crippen molar-refractivity contribution < 1.29 is 13.2 Å². The largest absolute Gasteiger partial charge is 0.496 e. The Balaban J connectivity index is 1.67. The minimum atomic E-state index is -3.68. The van der Waals surface area contributed by atoms with Gasteiger partial charge in [0.2, 0.25) is 0 Å². The third-order valence-corrected chi connectivity index (χ3v) is 5.82. The number of aromatic nitrogens is 1. The molecule has 0 aliphatic carbocycles. The minimum absolute atomic E-state index is 0.218. The second-order valence-corrected chi connectivity index (χ2v) is 8.13. The molecule has 2 aromatic carbocycles. The number of nitrogens with one attached hydrogen (secondary N) is 2. The van der Waals surface area contributed by atoms with Gasteiger partial charge < -0.3 is 10.1 Å². The predicted molar refractivity (Wildman–Crippen MR) is 111 cm³/mol. The molecule has 146 valence electrons. The van der Waals surface area contributed by atoms with Crippen molar-refractivity contribution in [1.82, 2.24) is 4.98 Å². The molecule has 6 nitrogen and oxygen atoms in total. The van der Waals surface area contributed by atoms with Crippen LogP contribution in [-0.2, 0) is 16.6 Å².